The molecule has 0 saturated heterocycles. The first-order valence-corrected chi connectivity index (χ1v) is 5.93. The molecule has 1 aromatic rings. The van der Waals surface area contributed by atoms with Crippen molar-refractivity contribution in [2.75, 3.05) is 20.1 Å². The summed E-state index contributed by atoms with van der Waals surface area (Å²) in [4.78, 5) is 6.22. The second-order valence-corrected chi connectivity index (χ2v) is 4.29. The minimum Gasteiger partial charge on any atom is -0.335 e. The highest BCUT2D eigenvalue weighted by Gasteiger charge is 2.07. The minimum absolute atomic E-state index is 0.541. The first kappa shape index (κ1) is 13.2. The molecule has 0 saturated carbocycles. The Labute approximate surface area is 97.3 Å². The van der Waals surface area contributed by atoms with Gasteiger partial charge in [0, 0.05) is 25.5 Å². The maximum absolute atomic E-state index is 13.1. The molecule has 4 heteroatoms. The molecule has 16 heavy (non-hydrogen) atoms. The van der Waals surface area contributed by atoms with Gasteiger partial charge in [0.25, 0.3) is 0 Å². The van der Waals surface area contributed by atoms with Gasteiger partial charge in [0.2, 0.25) is 0 Å². The minimum atomic E-state index is -0.694. The van der Waals surface area contributed by atoms with Crippen LogP contribution in [0.4, 0.5) is 4.39 Å². The molecule has 0 bridgehead atoms. The fourth-order valence-corrected chi connectivity index (χ4v) is 1.71. The Morgan fingerprint density at radius 3 is 2.88 bits per heavy atom. The number of alkyl halides is 1. The van der Waals surface area contributed by atoms with Gasteiger partial charge >= 0.3 is 0 Å². The molecule has 1 rings (SSSR count). The quantitative estimate of drug-likeness (QED) is 0.712. The van der Waals surface area contributed by atoms with E-state index in [0.29, 0.717) is 13.0 Å². The second kappa shape index (κ2) is 6.63. The third-order valence-electron chi connectivity index (χ3n) is 2.82. The summed E-state index contributed by atoms with van der Waals surface area (Å²) < 4.78 is 15.2. The summed E-state index contributed by atoms with van der Waals surface area (Å²) in [6.07, 6.45) is 4.74. The van der Waals surface area contributed by atoms with Crippen LogP contribution in [0.3, 0.4) is 0 Å². The van der Waals surface area contributed by atoms with E-state index in [1.54, 1.807) is 0 Å². The molecule has 0 fully saturated rings. The van der Waals surface area contributed by atoms with Crippen LogP contribution in [0.25, 0.3) is 0 Å². The maximum Gasteiger partial charge on any atom is 0.112 e. The molecular weight excluding hydrogens is 205 g/mol. The molecule has 0 amide bonds. The topological polar surface area (TPSA) is 21.1 Å². The van der Waals surface area contributed by atoms with Crippen LogP contribution in [0.5, 0.6) is 0 Å². The molecule has 1 heterocycles. The molecule has 92 valence electrons. The fraction of sp³-hybridized carbons (Fsp3) is 0.750. The molecule has 1 aromatic heterocycles. The van der Waals surface area contributed by atoms with Crippen LogP contribution >= 0.6 is 0 Å². The lowest BCUT2D eigenvalue weighted by molar-refractivity contribution is 0.212. The Bertz CT molecular complexity index is 298. The molecule has 0 spiro atoms. The summed E-state index contributed by atoms with van der Waals surface area (Å²) in [6, 6.07) is 0. The van der Waals surface area contributed by atoms with E-state index in [-0.39, 0.29) is 0 Å². The van der Waals surface area contributed by atoms with Crippen molar-refractivity contribution in [3.05, 3.63) is 18.2 Å². The molecular formula is C12H22FN3. The van der Waals surface area contributed by atoms with E-state index in [4.69, 9.17) is 0 Å². The van der Waals surface area contributed by atoms with Crippen LogP contribution < -0.4 is 0 Å². The van der Waals surface area contributed by atoms with Crippen LogP contribution in [0.15, 0.2) is 12.4 Å². The number of aromatic nitrogens is 2. The highest BCUT2D eigenvalue weighted by atomic mass is 19.1. The average molecular weight is 227 g/mol. The van der Waals surface area contributed by atoms with Crippen molar-refractivity contribution in [3.8, 4) is 0 Å². The number of hydrogen-bond acceptors (Lipinski definition) is 2. The summed E-state index contributed by atoms with van der Waals surface area (Å²) in [7, 11) is 1.98. The van der Waals surface area contributed by atoms with E-state index in [1.165, 1.54) is 0 Å². The Morgan fingerprint density at radius 1 is 1.56 bits per heavy atom. The SMILES string of the molecule is CC[C@H](F)CN(C)CCCn1ccnc1C. The van der Waals surface area contributed by atoms with Crippen molar-refractivity contribution in [2.45, 2.75) is 39.4 Å². The van der Waals surface area contributed by atoms with Gasteiger partial charge in [0.1, 0.15) is 12.0 Å². The lowest BCUT2D eigenvalue weighted by Gasteiger charge is -2.18. The van der Waals surface area contributed by atoms with Gasteiger partial charge in [-0.2, -0.15) is 0 Å². The largest absolute Gasteiger partial charge is 0.335 e. The van der Waals surface area contributed by atoms with Crippen LogP contribution in [0, 0.1) is 6.92 Å². The van der Waals surface area contributed by atoms with Crippen molar-refractivity contribution >= 4 is 0 Å². The van der Waals surface area contributed by atoms with E-state index in [9.17, 15) is 4.39 Å². The summed E-state index contributed by atoms with van der Waals surface area (Å²) in [5.74, 6) is 1.04. The predicted molar refractivity (Wildman–Crippen MR) is 64.3 cm³/mol. The molecule has 0 aliphatic rings. The van der Waals surface area contributed by atoms with Crippen LogP contribution in [0.2, 0.25) is 0 Å². The van der Waals surface area contributed by atoms with Gasteiger partial charge in [-0.3, -0.25) is 0 Å². The van der Waals surface area contributed by atoms with Gasteiger partial charge in [-0.05, 0) is 33.4 Å². The zero-order valence-corrected chi connectivity index (χ0v) is 10.5. The van der Waals surface area contributed by atoms with Crippen molar-refractivity contribution in [1.82, 2.24) is 14.5 Å². The van der Waals surface area contributed by atoms with Crippen LogP contribution in [0.1, 0.15) is 25.6 Å². The molecule has 0 N–H and O–H groups in total. The third kappa shape index (κ3) is 4.31. The molecule has 0 aromatic carbocycles. The zero-order valence-electron chi connectivity index (χ0n) is 10.5. The Kier molecular flexibility index (Phi) is 5.46. The van der Waals surface area contributed by atoms with Crippen molar-refractivity contribution in [2.24, 2.45) is 0 Å². The lowest BCUT2D eigenvalue weighted by Crippen LogP contribution is -2.28. The Morgan fingerprint density at radius 2 is 2.31 bits per heavy atom. The molecule has 0 radical (unpaired) electrons. The summed E-state index contributed by atoms with van der Waals surface area (Å²) in [5.41, 5.74) is 0. The number of rotatable bonds is 7. The standard InChI is InChI=1S/C12H22FN3/c1-4-12(13)10-15(3)7-5-8-16-9-6-14-11(16)2/h6,9,12H,4-5,7-8,10H2,1-3H3/t12-/m0/s1. The summed E-state index contributed by atoms with van der Waals surface area (Å²) >= 11 is 0. The number of nitrogens with zero attached hydrogens (tertiary/aromatic N) is 3. The van der Waals surface area contributed by atoms with Crippen LogP contribution in [-0.4, -0.2) is 40.8 Å². The molecule has 0 unspecified atom stereocenters. The lowest BCUT2D eigenvalue weighted by atomic mass is 10.3. The smallest absolute Gasteiger partial charge is 0.112 e. The third-order valence-corrected chi connectivity index (χ3v) is 2.82. The van der Waals surface area contributed by atoms with Crippen LogP contribution in [-0.2, 0) is 6.54 Å². The van der Waals surface area contributed by atoms with Gasteiger partial charge in [0.15, 0.2) is 0 Å². The first-order valence-electron chi connectivity index (χ1n) is 5.93. The Balaban J connectivity index is 2.18. The van der Waals surface area contributed by atoms with E-state index in [0.717, 1.165) is 25.3 Å². The molecule has 1 atom stereocenters. The average Bonchev–Trinajstić information content (AvgIpc) is 2.64. The number of imidazole rings is 1. The van der Waals surface area contributed by atoms with Gasteiger partial charge in [-0.25, -0.2) is 9.37 Å². The summed E-state index contributed by atoms with van der Waals surface area (Å²) in [5, 5.41) is 0. The highest BCUT2D eigenvalue weighted by Crippen LogP contribution is 2.02. The van der Waals surface area contributed by atoms with Crippen molar-refractivity contribution in [1.29, 1.82) is 0 Å². The van der Waals surface area contributed by atoms with Gasteiger partial charge < -0.3 is 9.47 Å². The second-order valence-electron chi connectivity index (χ2n) is 4.29. The monoisotopic (exact) mass is 227 g/mol. The number of halogens is 1. The van der Waals surface area contributed by atoms with E-state index >= 15 is 0 Å². The van der Waals surface area contributed by atoms with Gasteiger partial charge in [-0.1, -0.05) is 6.92 Å². The van der Waals surface area contributed by atoms with E-state index in [2.05, 4.69) is 14.5 Å². The molecule has 0 aliphatic heterocycles. The summed E-state index contributed by atoms with van der Waals surface area (Å²) in [6.45, 7) is 6.31. The highest BCUT2D eigenvalue weighted by molar-refractivity contribution is 4.88. The number of aryl methyl sites for hydroxylation is 2. The van der Waals surface area contributed by atoms with Gasteiger partial charge in [0.05, 0.1) is 0 Å². The van der Waals surface area contributed by atoms with E-state index in [1.807, 2.05) is 33.3 Å². The Hall–Kier alpha value is -0.900. The normalized spacial score (nSPS) is 13.3. The molecule has 0 aliphatic carbocycles. The zero-order chi connectivity index (χ0) is 12.0. The molecule has 3 nitrogen and oxygen atoms in total. The number of hydrogen-bond donors (Lipinski definition) is 0. The van der Waals surface area contributed by atoms with Crippen molar-refractivity contribution < 1.29 is 4.39 Å². The maximum atomic E-state index is 13.1. The first-order chi connectivity index (χ1) is 7.63. The fourth-order valence-electron chi connectivity index (χ4n) is 1.71. The predicted octanol–water partition coefficient (Wildman–Crippen LogP) is 2.26. The van der Waals surface area contributed by atoms with E-state index < -0.39 is 6.17 Å². The van der Waals surface area contributed by atoms with Gasteiger partial charge in [-0.15, -0.1) is 0 Å². The van der Waals surface area contributed by atoms with Crippen molar-refractivity contribution in [3.63, 3.8) is 0 Å².